The van der Waals surface area contributed by atoms with E-state index < -0.39 is 0 Å². The predicted molar refractivity (Wildman–Crippen MR) is 65.2 cm³/mol. The number of nitrogens with one attached hydrogen (secondary N) is 1. The molecule has 1 N–H and O–H groups in total. The fourth-order valence-corrected chi connectivity index (χ4v) is 2.09. The van der Waals surface area contributed by atoms with Crippen molar-refractivity contribution < 1.29 is 9.13 Å². The van der Waals surface area contributed by atoms with Crippen molar-refractivity contribution in [3.05, 3.63) is 28.5 Å². The molecule has 1 fully saturated rings. The SMILES string of the molecule is Fc1cc(OCC2CCCNC2)ccc1Br. The maximum atomic E-state index is 13.2. The second-order valence-corrected chi connectivity index (χ2v) is 4.95. The van der Waals surface area contributed by atoms with Crippen molar-refractivity contribution in [2.75, 3.05) is 19.7 Å². The highest BCUT2D eigenvalue weighted by Crippen LogP contribution is 2.22. The minimum Gasteiger partial charge on any atom is -0.493 e. The minimum absolute atomic E-state index is 0.278. The number of hydrogen-bond acceptors (Lipinski definition) is 2. The molecule has 0 spiro atoms. The van der Waals surface area contributed by atoms with Gasteiger partial charge in [-0.2, -0.15) is 0 Å². The molecule has 0 amide bonds. The number of benzene rings is 1. The van der Waals surface area contributed by atoms with Gasteiger partial charge in [0.2, 0.25) is 0 Å². The van der Waals surface area contributed by atoms with Crippen LogP contribution in [0.3, 0.4) is 0 Å². The Bertz CT molecular complexity index is 353. The molecule has 0 aromatic heterocycles. The lowest BCUT2D eigenvalue weighted by molar-refractivity contribution is 0.218. The Kier molecular flexibility index (Phi) is 4.18. The normalized spacial score (nSPS) is 20.8. The fraction of sp³-hybridized carbons (Fsp3) is 0.500. The number of hydrogen-bond donors (Lipinski definition) is 1. The van der Waals surface area contributed by atoms with Crippen LogP contribution in [0.1, 0.15) is 12.8 Å². The minimum atomic E-state index is -0.278. The summed E-state index contributed by atoms with van der Waals surface area (Å²) >= 11 is 3.12. The monoisotopic (exact) mass is 287 g/mol. The van der Waals surface area contributed by atoms with Crippen molar-refractivity contribution >= 4 is 15.9 Å². The van der Waals surface area contributed by atoms with Gasteiger partial charge in [-0.3, -0.25) is 0 Å². The van der Waals surface area contributed by atoms with E-state index in [2.05, 4.69) is 21.2 Å². The summed E-state index contributed by atoms with van der Waals surface area (Å²) in [7, 11) is 0. The lowest BCUT2D eigenvalue weighted by Gasteiger charge is -2.22. The van der Waals surface area contributed by atoms with E-state index in [0.717, 1.165) is 13.1 Å². The molecule has 2 nitrogen and oxygen atoms in total. The number of ether oxygens (including phenoxy) is 1. The highest BCUT2D eigenvalue weighted by Gasteiger charge is 2.13. The van der Waals surface area contributed by atoms with Crippen LogP contribution in [0.15, 0.2) is 22.7 Å². The van der Waals surface area contributed by atoms with Crippen molar-refractivity contribution in [2.24, 2.45) is 5.92 Å². The Balaban J connectivity index is 1.86. The molecular formula is C12H15BrFNO. The molecule has 16 heavy (non-hydrogen) atoms. The Labute approximate surface area is 103 Å². The zero-order chi connectivity index (χ0) is 11.4. The van der Waals surface area contributed by atoms with E-state index in [1.54, 1.807) is 12.1 Å². The Morgan fingerprint density at radius 2 is 2.38 bits per heavy atom. The molecule has 1 atom stereocenters. The summed E-state index contributed by atoms with van der Waals surface area (Å²) in [5.74, 6) is 0.867. The molecule has 1 saturated heterocycles. The van der Waals surface area contributed by atoms with E-state index in [4.69, 9.17) is 4.74 Å². The molecule has 1 aliphatic heterocycles. The second kappa shape index (κ2) is 5.64. The Morgan fingerprint density at radius 1 is 1.50 bits per heavy atom. The number of rotatable bonds is 3. The van der Waals surface area contributed by atoms with Crippen LogP contribution in [-0.4, -0.2) is 19.7 Å². The standard InChI is InChI=1S/C12H15BrFNO/c13-11-4-3-10(6-12(11)14)16-8-9-2-1-5-15-7-9/h3-4,6,9,15H,1-2,5,7-8H2. The van der Waals surface area contributed by atoms with Gasteiger partial charge in [0, 0.05) is 18.5 Å². The molecule has 1 aromatic rings. The van der Waals surface area contributed by atoms with Crippen LogP contribution < -0.4 is 10.1 Å². The first-order valence-electron chi connectivity index (χ1n) is 5.54. The summed E-state index contributed by atoms with van der Waals surface area (Å²) in [4.78, 5) is 0. The zero-order valence-corrected chi connectivity index (χ0v) is 10.6. The van der Waals surface area contributed by atoms with E-state index in [1.807, 2.05) is 0 Å². The van der Waals surface area contributed by atoms with Crippen LogP contribution in [0.5, 0.6) is 5.75 Å². The summed E-state index contributed by atoms with van der Waals surface area (Å²) in [6, 6.07) is 4.87. The molecule has 0 saturated carbocycles. The second-order valence-electron chi connectivity index (χ2n) is 4.10. The van der Waals surface area contributed by atoms with Gasteiger partial charge in [-0.1, -0.05) is 0 Å². The van der Waals surface area contributed by atoms with Crippen molar-refractivity contribution in [3.63, 3.8) is 0 Å². The molecule has 4 heteroatoms. The molecule has 88 valence electrons. The van der Waals surface area contributed by atoms with Gasteiger partial charge in [0.05, 0.1) is 11.1 Å². The quantitative estimate of drug-likeness (QED) is 0.923. The van der Waals surface area contributed by atoms with E-state index in [-0.39, 0.29) is 5.82 Å². The van der Waals surface area contributed by atoms with Crippen LogP contribution in [0.4, 0.5) is 4.39 Å². The zero-order valence-electron chi connectivity index (χ0n) is 9.01. The summed E-state index contributed by atoms with van der Waals surface area (Å²) in [6.45, 7) is 2.76. The van der Waals surface area contributed by atoms with Crippen LogP contribution >= 0.6 is 15.9 Å². The average molecular weight is 288 g/mol. The van der Waals surface area contributed by atoms with Gasteiger partial charge in [-0.05, 0) is 47.4 Å². The highest BCUT2D eigenvalue weighted by atomic mass is 79.9. The maximum Gasteiger partial charge on any atom is 0.141 e. The highest BCUT2D eigenvalue weighted by molar-refractivity contribution is 9.10. The van der Waals surface area contributed by atoms with E-state index >= 15 is 0 Å². The first-order chi connectivity index (χ1) is 7.75. The van der Waals surface area contributed by atoms with Gasteiger partial charge in [0.25, 0.3) is 0 Å². The molecule has 0 aliphatic carbocycles. The van der Waals surface area contributed by atoms with Crippen molar-refractivity contribution in [1.82, 2.24) is 5.32 Å². The summed E-state index contributed by atoms with van der Waals surface area (Å²) in [5, 5.41) is 3.33. The first-order valence-corrected chi connectivity index (χ1v) is 6.33. The summed E-state index contributed by atoms with van der Waals surface area (Å²) in [5.41, 5.74) is 0. The van der Waals surface area contributed by atoms with Crippen LogP contribution in [0.25, 0.3) is 0 Å². The summed E-state index contributed by atoms with van der Waals surface area (Å²) in [6.07, 6.45) is 2.38. The first kappa shape index (κ1) is 11.9. The Hall–Kier alpha value is -0.610. The largest absolute Gasteiger partial charge is 0.493 e. The van der Waals surface area contributed by atoms with Crippen molar-refractivity contribution in [3.8, 4) is 5.75 Å². The molecule has 1 aromatic carbocycles. The van der Waals surface area contributed by atoms with Crippen LogP contribution in [-0.2, 0) is 0 Å². The van der Waals surface area contributed by atoms with Gasteiger partial charge < -0.3 is 10.1 Å². The third kappa shape index (κ3) is 3.19. The lowest BCUT2D eigenvalue weighted by atomic mass is 10.0. The number of halogens is 2. The molecule has 0 bridgehead atoms. The van der Waals surface area contributed by atoms with Gasteiger partial charge in [0.15, 0.2) is 0 Å². The van der Waals surface area contributed by atoms with E-state index in [0.29, 0.717) is 22.7 Å². The van der Waals surface area contributed by atoms with Gasteiger partial charge >= 0.3 is 0 Å². The average Bonchev–Trinajstić information content (AvgIpc) is 2.32. The third-order valence-corrected chi connectivity index (χ3v) is 3.42. The van der Waals surface area contributed by atoms with E-state index in [1.165, 1.54) is 18.9 Å². The van der Waals surface area contributed by atoms with Gasteiger partial charge in [-0.15, -0.1) is 0 Å². The molecule has 1 heterocycles. The van der Waals surface area contributed by atoms with Crippen molar-refractivity contribution in [1.29, 1.82) is 0 Å². The maximum absolute atomic E-state index is 13.2. The van der Waals surface area contributed by atoms with Crippen LogP contribution in [0, 0.1) is 11.7 Å². The van der Waals surface area contributed by atoms with Crippen LogP contribution in [0.2, 0.25) is 0 Å². The fourth-order valence-electron chi connectivity index (χ4n) is 1.85. The molecule has 1 unspecified atom stereocenters. The van der Waals surface area contributed by atoms with Crippen molar-refractivity contribution in [2.45, 2.75) is 12.8 Å². The third-order valence-electron chi connectivity index (χ3n) is 2.78. The summed E-state index contributed by atoms with van der Waals surface area (Å²) < 4.78 is 19.3. The number of piperidine rings is 1. The molecular weight excluding hydrogens is 273 g/mol. The van der Waals surface area contributed by atoms with Gasteiger partial charge in [0.1, 0.15) is 11.6 Å². The Morgan fingerprint density at radius 3 is 3.06 bits per heavy atom. The lowest BCUT2D eigenvalue weighted by Crippen LogP contribution is -2.33. The van der Waals surface area contributed by atoms with E-state index in [9.17, 15) is 4.39 Å². The molecule has 0 radical (unpaired) electrons. The predicted octanol–water partition coefficient (Wildman–Crippen LogP) is 2.97. The molecule has 1 aliphatic rings. The smallest absolute Gasteiger partial charge is 0.141 e. The topological polar surface area (TPSA) is 21.3 Å². The van der Waals surface area contributed by atoms with Gasteiger partial charge in [-0.25, -0.2) is 4.39 Å². The molecule has 2 rings (SSSR count).